The van der Waals surface area contributed by atoms with E-state index in [1.165, 1.54) is 25.1 Å². The van der Waals surface area contributed by atoms with Crippen molar-refractivity contribution >= 4 is 37.0 Å². The second-order valence-electron chi connectivity index (χ2n) is 9.94. The van der Waals surface area contributed by atoms with Gasteiger partial charge in [0, 0.05) is 27.5 Å². The molecule has 3 N–H and O–H groups in total. The van der Waals surface area contributed by atoms with Crippen LogP contribution in [-0.2, 0) is 20.2 Å². The number of rotatable bonds is 4. The van der Waals surface area contributed by atoms with E-state index in [2.05, 4.69) is 0 Å². The zero-order valence-electron chi connectivity index (χ0n) is 20.7. The van der Waals surface area contributed by atoms with Crippen molar-refractivity contribution in [3.05, 3.63) is 64.5 Å². The van der Waals surface area contributed by atoms with Gasteiger partial charge in [0.05, 0.1) is 5.36 Å². The Labute approximate surface area is 214 Å². The first-order valence-corrected chi connectivity index (χ1v) is 14.0. The van der Waals surface area contributed by atoms with Crippen molar-refractivity contribution in [2.75, 3.05) is 0 Å². The van der Waals surface area contributed by atoms with Gasteiger partial charge in [-0.3, -0.25) is 19.3 Å². The largest absolute Gasteiger partial charge is 0.453 e. The minimum Gasteiger partial charge on any atom is -0.453 e. The molecule has 0 saturated heterocycles. The van der Waals surface area contributed by atoms with Crippen molar-refractivity contribution in [1.82, 2.24) is 0 Å². The van der Waals surface area contributed by atoms with Gasteiger partial charge in [0.2, 0.25) is 0 Å². The van der Waals surface area contributed by atoms with Crippen LogP contribution in [-0.4, -0.2) is 31.7 Å². The molecule has 0 aromatic heterocycles. The van der Waals surface area contributed by atoms with Crippen molar-refractivity contribution in [1.29, 1.82) is 5.41 Å². The summed E-state index contributed by atoms with van der Waals surface area (Å²) in [7, 11) is -9.80. The van der Waals surface area contributed by atoms with E-state index in [4.69, 9.17) is 9.83 Å². The Morgan fingerprint density at radius 2 is 1.43 bits per heavy atom. The van der Waals surface area contributed by atoms with E-state index in [0.29, 0.717) is 22.3 Å². The molecule has 1 aliphatic heterocycles. The van der Waals surface area contributed by atoms with Gasteiger partial charge in [-0.2, -0.15) is 16.8 Å². The van der Waals surface area contributed by atoms with Crippen molar-refractivity contribution < 1.29 is 35.2 Å². The van der Waals surface area contributed by atoms with Crippen molar-refractivity contribution in [2.45, 2.75) is 44.4 Å². The maximum absolute atomic E-state index is 12.9. The molecule has 37 heavy (non-hydrogen) atoms. The molecule has 0 fully saturated rings. The maximum Gasteiger partial charge on any atom is 0.300 e. The molecule has 0 amide bonds. The monoisotopic (exact) mass is 543 g/mol. The molecule has 0 radical (unpaired) electrons. The van der Waals surface area contributed by atoms with Crippen LogP contribution >= 0.6 is 0 Å². The van der Waals surface area contributed by atoms with Gasteiger partial charge in [0.15, 0.2) is 22.0 Å². The second-order valence-corrected chi connectivity index (χ2v) is 12.7. The third-order valence-corrected chi connectivity index (χ3v) is 8.06. The lowest BCUT2D eigenvalue weighted by molar-refractivity contribution is 0.0858. The Morgan fingerprint density at radius 3 is 1.97 bits per heavy atom. The molecule has 194 valence electrons. The minimum atomic E-state index is -4.97. The van der Waals surface area contributed by atoms with Crippen molar-refractivity contribution in [3.8, 4) is 22.5 Å². The van der Waals surface area contributed by atoms with E-state index in [9.17, 15) is 30.7 Å². The fraction of sp³-hybridized carbons (Fsp3) is 0.231. The number of carbonyl (C=O) groups excluding carboxylic acids is 1. The van der Waals surface area contributed by atoms with E-state index < -0.39 is 46.6 Å². The van der Waals surface area contributed by atoms with E-state index in [0.717, 1.165) is 0 Å². The van der Waals surface area contributed by atoms with Crippen LogP contribution in [0.25, 0.3) is 33.4 Å². The summed E-state index contributed by atoms with van der Waals surface area (Å²) in [6.45, 7) is 8.58. The first-order chi connectivity index (χ1) is 16.9. The lowest BCUT2D eigenvalue weighted by Crippen LogP contribution is -2.20. The Balaban J connectivity index is 2.25. The van der Waals surface area contributed by atoms with Gasteiger partial charge in [-0.1, -0.05) is 45.0 Å². The van der Waals surface area contributed by atoms with Crippen LogP contribution in [0.1, 0.15) is 42.3 Å². The Kier molecular flexibility index (Phi) is 6.19. The van der Waals surface area contributed by atoms with Gasteiger partial charge in [0.1, 0.15) is 4.90 Å². The van der Waals surface area contributed by atoms with Gasteiger partial charge in [-0.25, -0.2) is 0 Å². The molecular formula is C26H25NO8S2. The minimum absolute atomic E-state index is 0.0864. The maximum atomic E-state index is 12.9. The zero-order valence-corrected chi connectivity index (χ0v) is 22.3. The number of benzene rings is 3. The van der Waals surface area contributed by atoms with Gasteiger partial charge in [0.25, 0.3) is 20.2 Å². The lowest BCUT2D eigenvalue weighted by Gasteiger charge is -2.21. The summed E-state index contributed by atoms with van der Waals surface area (Å²) in [6.07, 6.45) is 0. The van der Waals surface area contributed by atoms with Gasteiger partial charge < -0.3 is 4.42 Å². The Bertz CT molecular complexity index is 1860. The number of nitrogens with one attached hydrogen (secondary N) is 1. The molecule has 4 rings (SSSR count). The van der Waals surface area contributed by atoms with Crippen LogP contribution in [0.2, 0.25) is 0 Å². The molecule has 0 unspecified atom stereocenters. The summed E-state index contributed by atoms with van der Waals surface area (Å²) in [6, 6.07) is 10.6. The highest BCUT2D eigenvalue weighted by Crippen LogP contribution is 2.45. The summed E-state index contributed by atoms with van der Waals surface area (Å²) < 4.78 is 74.8. The summed E-state index contributed by atoms with van der Waals surface area (Å²) in [5, 5.41) is 7.76. The molecule has 0 saturated carbocycles. The highest BCUT2D eigenvalue weighted by Gasteiger charge is 2.31. The average Bonchev–Trinajstić information content (AvgIpc) is 2.74. The topological polar surface area (TPSA) is 163 Å². The van der Waals surface area contributed by atoms with Crippen LogP contribution < -0.4 is 5.36 Å². The number of ketones is 1. The van der Waals surface area contributed by atoms with E-state index in [1.807, 2.05) is 0 Å². The lowest BCUT2D eigenvalue weighted by atomic mass is 9.84. The second kappa shape index (κ2) is 8.59. The Morgan fingerprint density at radius 1 is 0.838 bits per heavy atom. The van der Waals surface area contributed by atoms with Gasteiger partial charge in [-0.15, -0.1) is 0 Å². The number of hydrogen-bond acceptors (Lipinski definition) is 7. The highest BCUT2D eigenvalue weighted by atomic mass is 32.2. The molecule has 1 heterocycles. The summed E-state index contributed by atoms with van der Waals surface area (Å²) >= 11 is 0. The highest BCUT2D eigenvalue weighted by molar-refractivity contribution is 7.86. The predicted octanol–water partition coefficient (Wildman–Crippen LogP) is 5.02. The van der Waals surface area contributed by atoms with E-state index in [-0.39, 0.29) is 27.9 Å². The van der Waals surface area contributed by atoms with Gasteiger partial charge in [-0.05, 0) is 48.7 Å². The quantitative estimate of drug-likeness (QED) is 0.183. The van der Waals surface area contributed by atoms with Crippen molar-refractivity contribution in [3.63, 3.8) is 0 Å². The van der Waals surface area contributed by atoms with Crippen LogP contribution in [0.3, 0.4) is 0 Å². The number of fused-ring (bicyclic) bond motifs is 2. The van der Waals surface area contributed by atoms with E-state index in [1.54, 1.807) is 52.0 Å². The van der Waals surface area contributed by atoms with Crippen molar-refractivity contribution in [2.24, 2.45) is 5.41 Å². The molecular weight excluding hydrogens is 518 g/mol. The van der Waals surface area contributed by atoms with E-state index >= 15 is 0 Å². The Hall–Kier alpha value is -3.38. The first-order valence-electron chi connectivity index (χ1n) is 11.1. The van der Waals surface area contributed by atoms with Crippen LogP contribution in [0.15, 0.2) is 56.7 Å². The molecule has 11 heteroatoms. The number of aryl methyl sites for hydroxylation is 2. The van der Waals surface area contributed by atoms with Gasteiger partial charge >= 0.3 is 0 Å². The fourth-order valence-corrected chi connectivity index (χ4v) is 6.05. The smallest absolute Gasteiger partial charge is 0.300 e. The fourth-order valence-electron chi connectivity index (χ4n) is 4.45. The molecule has 2 aromatic rings. The van der Waals surface area contributed by atoms with Crippen LogP contribution in [0, 0.1) is 24.7 Å². The summed E-state index contributed by atoms with van der Waals surface area (Å²) in [5.74, 6) is -0.529. The van der Waals surface area contributed by atoms with Crippen LogP contribution in [0.5, 0.6) is 0 Å². The standard InChI is InChI=1S/C26H25NO8S2/c1-13-6-8-17-20(16-9-7-15(12-14(16)2)25(28)26(3,4)5)18-10-11-19(27)24(37(32,33)34)22(18)35-21(17)23(13)36(29,30)31/h6-12,27H,1-5H3,(H,29,30,31)(H,32,33,34). The third kappa shape index (κ3) is 4.59. The molecule has 2 aliphatic rings. The number of carbonyl (C=O) groups is 1. The molecule has 9 nitrogen and oxygen atoms in total. The zero-order chi connectivity index (χ0) is 27.7. The normalized spacial score (nSPS) is 12.8. The SMILES string of the molecule is Cc1cc(C(=O)C(C)(C)C)ccc1-c1c2ccc(=N)c(S(=O)(=O)O)c-2oc2c(S(=O)(=O)O)c(C)ccc12. The number of hydrogen-bond donors (Lipinski definition) is 3. The van der Waals surface area contributed by atoms with Crippen LogP contribution in [0.4, 0.5) is 0 Å². The predicted molar refractivity (Wildman–Crippen MR) is 137 cm³/mol. The molecule has 0 bridgehead atoms. The molecule has 1 aliphatic carbocycles. The molecule has 0 atom stereocenters. The average molecular weight is 544 g/mol. The molecule has 2 aromatic carbocycles. The first kappa shape index (κ1) is 26.7. The number of Topliss-reactive ketones (excluding diaryl/α,β-unsaturated/α-hetero) is 1. The summed E-state index contributed by atoms with van der Waals surface area (Å²) in [4.78, 5) is 11.4. The third-order valence-electron chi connectivity index (χ3n) is 6.12. The summed E-state index contributed by atoms with van der Waals surface area (Å²) in [5.41, 5.74) is 1.32. The molecule has 0 spiro atoms.